The summed E-state index contributed by atoms with van der Waals surface area (Å²) in [6.45, 7) is 2.45. The molecule has 0 aromatic carbocycles. The average molecular weight is 305 g/mol. The fraction of sp³-hybridized carbons (Fsp3) is 0.273. The third-order valence-corrected chi connectivity index (χ3v) is 2.37. The second-order valence-corrected chi connectivity index (χ2v) is 3.88. The van der Waals surface area contributed by atoms with Crippen molar-refractivity contribution in [3.8, 4) is 0 Å². The number of pyridine rings is 1. The molecule has 1 aromatic heterocycles. The topological polar surface area (TPSA) is 96.6 Å². The number of rotatable bonds is 6. The van der Waals surface area contributed by atoms with Gasteiger partial charge in [0.25, 0.3) is 0 Å². The molecule has 1 heterocycles. The maximum Gasteiger partial charge on any atom is 0.433 e. The van der Waals surface area contributed by atoms with Crippen LogP contribution in [0.3, 0.4) is 0 Å². The Morgan fingerprint density at radius 3 is 2.62 bits per heavy atom. The van der Waals surface area contributed by atoms with Gasteiger partial charge < -0.3 is 10.0 Å². The highest BCUT2D eigenvalue weighted by Crippen LogP contribution is 2.34. The second kappa shape index (κ2) is 6.20. The Balaban J connectivity index is 3.41. The summed E-state index contributed by atoms with van der Waals surface area (Å²) in [6.07, 6.45) is -3.12. The van der Waals surface area contributed by atoms with E-state index in [1.807, 2.05) is 0 Å². The molecule has 7 nitrogen and oxygen atoms in total. The van der Waals surface area contributed by atoms with E-state index in [-0.39, 0.29) is 6.54 Å². The van der Waals surface area contributed by atoms with Crippen molar-refractivity contribution in [1.29, 1.82) is 0 Å². The van der Waals surface area contributed by atoms with Crippen LogP contribution in [0.2, 0.25) is 0 Å². The first kappa shape index (κ1) is 16.4. The van der Waals surface area contributed by atoms with Gasteiger partial charge in [0.05, 0.1) is 4.92 Å². The van der Waals surface area contributed by atoms with Crippen LogP contribution in [0.15, 0.2) is 24.9 Å². The molecule has 0 saturated heterocycles. The van der Waals surface area contributed by atoms with Gasteiger partial charge in [0.2, 0.25) is 0 Å². The van der Waals surface area contributed by atoms with Gasteiger partial charge >= 0.3 is 17.8 Å². The van der Waals surface area contributed by atoms with E-state index in [9.17, 15) is 28.1 Å². The molecule has 114 valence electrons. The normalized spacial score (nSPS) is 11.0. The van der Waals surface area contributed by atoms with E-state index in [1.54, 1.807) is 0 Å². The first-order valence-electron chi connectivity index (χ1n) is 5.46. The molecule has 1 N–H and O–H groups in total. The number of halogens is 3. The molecule has 0 atom stereocenters. The predicted molar refractivity (Wildman–Crippen MR) is 65.9 cm³/mol. The van der Waals surface area contributed by atoms with E-state index >= 15 is 0 Å². The molecule has 0 aliphatic carbocycles. The number of aromatic nitrogens is 1. The molecule has 10 heteroatoms. The molecule has 0 amide bonds. The van der Waals surface area contributed by atoms with Gasteiger partial charge in [-0.1, -0.05) is 6.08 Å². The van der Waals surface area contributed by atoms with Gasteiger partial charge in [0, 0.05) is 6.54 Å². The van der Waals surface area contributed by atoms with E-state index in [1.165, 1.54) is 6.08 Å². The van der Waals surface area contributed by atoms with Gasteiger partial charge in [-0.05, 0) is 6.07 Å². The molecule has 0 fully saturated rings. The minimum absolute atomic E-state index is 0.172. The first-order valence-corrected chi connectivity index (χ1v) is 5.46. The number of carboxylic acid groups (broad SMARTS) is 1. The van der Waals surface area contributed by atoms with Crippen molar-refractivity contribution < 1.29 is 28.0 Å². The van der Waals surface area contributed by atoms with Gasteiger partial charge in [-0.3, -0.25) is 14.9 Å². The number of aliphatic carboxylic acids is 1. The van der Waals surface area contributed by atoms with E-state index in [0.717, 1.165) is 4.90 Å². The number of nitro groups is 1. The highest BCUT2D eigenvalue weighted by molar-refractivity contribution is 5.76. The SMILES string of the molecule is C=CCN(CC(=O)O)c1cc(C(F)(F)F)ncc1[N+](=O)[O-]. The Bertz CT molecular complexity index is 574. The molecule has 0 radical (unpaired) electrons. The van der Waals surface area contributed by atoms with Gasteiger partial charge in [-0.2, -0.15) is 13.2 Å². The second-order valence-electron chi connectivity index (χ2n) is 3.88. The summed E-state index contributed by atoms with van der Waals surface area (Å²) >= 11 is 0. The fourth-order valence-corrected chi connectivity index (χ4v) is 1.55. The standard InChI is InChI=1S/C11H10F3N3O4/c1-2-3-16(6-10(18)19)7-4-9(11(12,13)14)15-5-8(7)17(20)21/h2,4-5H,1,3,6H2,(H,18,19). The number of nitrogens with zero attached hydrogens (tertiary/aromatic N) is 3. The van der Waals surface area contributed by atoms with Crippen molar-refractivity contribution in [2.75, 3.05) is 18.0 Å². The molecule has 0 spiro atoms. The predicted octanol–water partition coefficient (Wildman–Crippen LogP) is 2.09. The van der Waals surface area contributed by atoms with Crippen LogP contribution in [0.5, 0.6) is 0 Å². The largest absolute Gasteiger partial charge is 0.480 e. The molecule has 1 aromatic rings. The van der Waals surface area contributed by atoms with Crippen LogP contribution in [0.4, 0.5) is 24.5 Å². The number of hydrogen-bond donors (Lipinski definition) is 1. The zero-order chi connectivity index (χ0) is 16.2. The highest BCUT2D eigenvalue weighted by atomic mass is 19.4. The summed E-state index contributed by atoms with van der Waals surface area (Å²) in [4.78, 5) is 24.5. The maximum absolute atomic E-state index is 12.6. The third-order valence-electron chi connectivity index (χ3n) is 2.37. The quantitative estimate of drug-likeness (QED) is 0.491. The molecular weight excluding hydrogens is 295 g/mol. The van der Waals surface area contributed by atoms with Crippen LogP contribution in [0.1, 0.15) is 5.69 Å². The number of alkyl halides is 3. The monoisotopic (exact) mass is 305 g/mol. The van der Waals surface area contributed by atoms with Crippen molar-refractivity contribution in [2.45, 2.75) is 6.18 Å². The fourth-order valence-electron chi connectivity index (χ4n) is 1.55. The van der Waals surface area contributed by atoms with Crippen LogP contribution < -0.4 is 4.90 Å². The lowest BCUT2D eigenvalue weighted by Crippen LogP contribution is -2.30. The lowest BCUT2D eigenvalue weighted by atomic mass is 10.2. The van der Waals surface area contributed by atoms with Crippen molar-refractivity contribution in [1.82, 2.24) is 4.98 Å². The molecular formula is C11H10F3N3O4. The third kappa shape index (κ3) is 4.16. The smallest absolute Gasteiger partial charge is 0.433 e. The van der Waals surface area contributed by atoms with Crippen molar-refractivity contribution >= 4 is 17.3 Å². The van der Waals surface area contributed by atoms with Crippen LogP contribution in [0.25, 0.3) is 0 Å². The van der Waals surface area contributed by atoms with Gasteiger partial charge in [-0.25, -0.2) is 4.98 Å². The average Bonchev–Trinajstić information content (AvgIpc) is 2.35. The lowest BCUT2D eigenvalue weighted by molar-refractivity contribution is -0.384. The number of hydrogen-bond acceptors (Lipinski definition) is 5. The Morgan fingerprint density at radius 2 is 2.19 bits per heavy atom. The molecule has 0 unspecified atom stereocenters. The van der Waals surface area contributed by atoms with E-state index < -0.39 is 40.7 Å². The van der Waals surface area contributed by atoms with Crippen molar-refractivity contribution in [3.05, 3.63) is 40.7 Å². The summed E-state index contributed by atoms with van der Waals surface area (Å²) in [6, 6.07) is 0.449. The summed E-state index contributed by atoms with van der Waals surface area (Å²) in [5.74, 6) is -1.35. The summed E-state index contributed by atoms with van der Waals surface area (Å²) < 4.78 is 37.9. The van der Waals surface area contributed by atoms with Crippen molar-refractivity contribution in [3.63, 3.8) is 0 Å². The molecule has 1 rings (SSSR count). The summed E-state index contributed by atoms with van der Waals surface area (Å²) in [5, 5.41) is 19.6. The van der Waals surface area contributed by atoms with Crippen LogP contribution in [-0.2, 0) is 11.0 Å². The lowest BCUT2D eigenvalue weighted by Gasteiger charge is -2.21. The zero-order valence-electron chi connectivity index (χ0n) is 10.5. The number of carbonyl (C=O) groups is 1. The molecule has 0 saturated carbocycles. The van der Waals surface area contributed by atoms with E-state index in [0.29, 0.717) is 12.3 Å². The van der Waals surface area contributed by atoms with E-state index in [4.69, 9.17) is 5.11 Å². The zero-order valence-corrected chi connectivity index (χ0v) is 10.5. The number of anilines is 1. The van der Waals surface area contributed by atoms with Crippen LogP contribution in [-0.4, -0.2) is 34.1 Å². The molecule has 0 aliphatic rings. The molecule has 0 aliphatic heterocycles. The summed E-state index contributed by atoms with van der Waals surface area (Å²) in [7, 11) is 0. The summed E-state index contributed by atoms with van der Waals surface area (Å²) in [5.41, 5.74) is -2.54. The minimum atomic E-state index is -4.80. The van der Waals surface area contributed by atoms with Crippen LogP contribution >= 0.6 is 0 Å². The Labute approximate surface area is 116 Å². The highest BCUT2D eigenvalue weighted by Gasteiger charge is 2.35. The first-order chi connectivity index (χ1) is 9.66. The van der Waals surface area contributed by atoms with Crippen LogP contribution in [0, 0.1) is 10.1 Å². The Hall–Kier alpha value is -2.65. The molecule has 21 heavy (non-hydrogen) atoms. The minimum Gasteiger partial charge on any atom is -0.480 e. The Kier molecular flexibility index (Phi) is 4.84. The van der Waals surface area contributed by atoms with Gasteiger partial charge in [0.15, 0.2) is 0 Å². The molecule has 0 bridgehead atoms. The van der Waals surface area contributed by atoms with E-state index in [2.05, 4.69) is 11.6 Å². The number of carboxylic acids is 1. The maximum atomic E-state index is 12.6. The van der Waals surface area contributed by atoms with Crippen molar-refractivity contribution in [2.24, 2.45) is 0 Å². The Morgan fingerprint density at radius 1 is 1.57 bits per heavy atom. The van der Waals surface area contributed by atoms with Gasteiger partial charge in [0.1, 0.15) is 24.1 Å². The van der Waals surface area contributed by atoms with Gasteiger partial charge in [-0.15, -0.1) is 6.58 Å².